The van der Waals surface area contributed by atoms with Gasteiger partial charge in [0.1, 0.15) is 0 Å². The van der Waals surface area contributed by atoms with Crippen LogP contribution in [0.4, 0.5) is 0 Å². The third-order valence-corrected chi connectivity index (χ3v) is 5.28. The molecule has 1 rings (SSSR count). The van der Waals surface area contributed by atoms with Crippen molar-refractivity contribution in [3.63, 3.8) is 0 Å². The van der Waals surface area contributed by atoms with E-state index in [1.54, 1.807) is 0 Å². The first-order chi connectivity index (χ1) is 12.4. The molecule has 4 atom stereocenters. The van der Waals surface area contributed by atoms with E-state index in [0.29, 0.717) is 6.42 Å². The van der Waals surface area contributed by atoms with Gasteiger partial charge in [-0.1, -0.05) is 52.4 Å². The maximum atomic E-state index is 12.2. The molecule has 0 unspecified atom stereocenters. The van der Waals surface area contributed by atoms with Gasteiger partial charge in [-0.15, -0.1) is 0 Å². The molecular formula is C19H36N2O5. The number of carboxylic acids is 1. The summed E-state index contributed by atoms with van der Waals surface area (Å²) in [6, 6.07) is -0.759. The molecule has 7 nitrogen and oxygen atoms in total. The molecule has 1 aliphatic rings. The number of carbonyl (C=O) groups excluding carboxylic acids is 1. The Morgan fingerprint density at radius 2 is 1.85 bits per heavy atom. The number of nitrogens with one attached hydrogen (secondary N) is 1. The molecule has 1 amide bonds. The van der Waals surface area contributed by atoms with Crippen molar-refractivity contribution in [3.05, 3.63) is 0 Å². The first-order valence-electron chi connectivity index (χ1n) is 9.82. The van der Waals surface area contributed by atoms with E-state index in [1.807, 2.05) is 6.92 Å². The highest BCUT2D eigenvalue weighted by Crippen LogP contribution is 2.35. The summed E-state index contributed by atoms with van der Waals surface area (Å²) in [6.45, 7) is 4.19. The van der Waals surface area contributed by atoms with Crippen molar-refractivity contribution in [2.75, 3.05) is 20.3 Å². The molecule has 7 heteroatoms. The van der Waals surface area contributed by atoms with Gasteiger partial charge in [0.25, 0.3) is 0 Å². The molecule has 1 heterocycles. The number of carboxylic acid groups (broad SMARTS) is 1. The lowest BCUT2D eigenvalue weighted by atomic mass is 9.78. The largest absolute Gasteiger partial charge is 0.479 e. The van der Waals surface area contributed by atoms with Crippen LogP contribution in [0.3, 0.4) is 0 Å². The molecule has 0 aliphatic carbocycles. The Morgan fingerprint density at radius 3 is 2.38 bits per heavy atom. The summed E-state index contributed by atoms with van der Waals surface area (Å²) in [7, 11) is 1.54. The molecule has 0 aromatic heterocycles. The van der Waals surface area contributed by atoms with Crippen molar-refractivity contribution < 1.29 is 24.2 Å². The minimum absolute atomic E-state index is 0.0235. The highest BCUT2D eigenvalue weighted by atomic mass is 16.5. The lowest BCUT2D eigenvalue weighted by molar-refractivity contribution is -0.204. The molecule has 0 radical (unpaired) electrons. The van der Waals surface area contributed by atoms with Crippen LogP contribution in [0, 0.1) is 5.92 Å². The average molecular weight is 373 g/mol. The van der Waals surface area contributed by atoms with Gasteiger partial charge in [0.05, 0.1) is 25.3 Å². The Balaban J connectivity index is 2.81. The second kappa shape index (κ2) is 11.5. The van der Waals surface area contributed by atoms with Crippen LogP contribution in [-0.4, -0.2) is 55.0 Å². The van der Waals surface area contributed by atoms with Crippen LogP contribution < -0.4 is 11.1 Å². The summed E-state index contributed by atoms with van der Waals surface area (Å²) >= 11 is 0. The normalized spacial score (nSPS) is 28.7. The number of hydrogen-bond acceptors (Lipinski definition) is 5. The second-order valence-corrected chi connectivity index (χ2v) is 7.30. The van der Waals surface area contributed by atoms with E-state index in [-0.39, 0.29) is 19.1 Å². The van der Waals surface area contributed by atoms with Crippen molar-refractivity contribution in [2.24, 2.45) is 11.7 Å². The fourth-order valence-corrected chi connectivity index (χ4v) is 3.73. The van der Waals surface area contributed by atoms with E-state index in [9.17, 15) is 14.7 Å². The molecule has 0 aromatic rings. The fraction of sp³-hybridized carbons (Fsp3) is 0.895. The van der Waals surface area contributed by atoms with Crippen LogP contribution in [0.15, 0.2) is 0 Å². The van der Waals surface area contributed by atoms with E-state index < -0.39 is 29.6 Å². The van der Waals surface area contributed by atoms with Gasteiger partial charge in [0.2, 0.25) is 5.91 Å². The molecule has 0 saturated carbocycles. The summed E-state index contributed by atoms with van der Waals surface area (Å²) in [6.07, 6.45) is 7.51. The molecule has 4 N–H and O–H groups in total. The SMILES string of the molecule is CCCCCCCCC[C@]1(C(=O)O)OC[C@H](C)[C@H](OC)[C@@H]1NC(=O)CN. The lowest BCUT2D eigenvalue weighted by Crippen LogP contribution is -2.69. The van der Waals surface area contributed by atoms with Crippen LogP contribution >= 0.6 is 0 Å². The van der Waals surface area contributed by atoms with Crippen molar-refractivity contribution in [2.45, 2.75) is 83.0 Å². The molecule has 1 saturated heterocycles. The Labute approximate surface area is 157 Å². The summed E-state index contributed by atoms with van der Waals surface area (Å²) in [5.41, 5.74) is 3.94. The molecule has 152 valence electrons. The number of rotatable bonds is 12. The number of aliphatic carboxylic acids is 1. The number of nitrogens with two attached hydrogens (primary N) is 1. The van der Waals surface area contributed by atoms with Gasteiger partial charge >= 0.3 is 5.97 Å². The van der Waals surface area contributed by atoms with Gasteiger partial charge in [-0.25, -0.2) is 4.79 Å². The molecule has 0 aromatic carbocycles. The summed E-state index contributed by atoms with van der Waals surface area (Å²) in [5, 5.41) is 12.7. The maximum absolute atomic E-state index is 12.2. The monoisotopic (exact) mass is 372 g/mol. The predicted molar refractivity (Wildman–Crippen MR) is 99.9 cm³/mol. The number of unbranched alkanes of at least 4 members (excludes halogenated alkanes) is 6. The van der Waals surface area contributed by atoms with Gasteiger partial charge in [0, 0.05) is 13.0 Å². The molecule has 1 fully saturated rings. The van der Waals surface area contributed by atoms with Crippen LogP contribution in [0.2, 0.25) is 0 Å². The van der Waals surface area contributed by atoms with Gasteiger partial charge in [-0.3, -0.25) is 4.79 Å². The quantitative estimate of drug-likeness (QED) is 0.452. The van der Waals surface area contributed by atoms with Crippen molar-refractivity contribution in [1.29, 1.82) is 0 Å². The average Bonchev–Trinajstić information content (AvgIpc) is 2.62. The summed E-state index contributed by atoms with van der Waals surface area (Å²) in [5.74, 6) is -1.48. The number of amides is 1. The van der Waals surface area contributed by atoms with Crippen LogP contribution in [-0.2, 0) is 19.1 Å². The topological polar surface area (TPSA) is 111 Å². The molecule has 0 spiro atoms. The zero-order valence-corrected chi connectivity index (χ0v) is 16.5. The smallest absolute Gasteiger partial charge is 0.338 e. The first kappa shape index (κ1) is 22.9. The zero-order valence-electron chi connectivity index (χ0n) is 16.5. The molecule has 0 bridgehead atoms. The van der Waals surface area contributed by atoms with E-state index in [1.165, 1.54) is 32.8 Å². The van der Waals surface area contributed by atoms with Crippen LogP contribution in [0.5, 0.6) is 0 Å². The zero-order chi connectivity index (χ0) is 19.6. The minimum atomic E-state index is -1.47. The summed E-state index contributed by atoms with van der Waals surface area (Å²) < 4.78 is 11.4. The van der Waals surface area contributed by atoms with Crippen molar-refractivity contribution in [3.8, 4) is 0 Å². The molecule has 1 aliphatic heterocycles. The fourth-order valence-electron chi connectivity index (χ4n) is 3.73. The minimum Gasteiger partial charge on any atom is -0.479 e. The number of ether oxygens (including phenoxy) is 2. The third-order valence-electron chi connectivity index (χ3n) is 5.28. The lowest BCUT2D eigenvalue weighted by Gasteiger charge is -2.47. The van der Waals surface area contributed by atoms with E-state index >= 15 is 0 Å². The third kappa shape index (κ3) is 5.93. The van der Waals surface area contributed by atoms with Gasteiger partial charge in [-0.05, 0) is 12.8 Å². The van der Waals surface area contributed by atoms with Crippen molar-refractivity contribution >= 4 is 11.9 Å². The van der Waals surface area contributed by atoms with Gasteiger partial charge < -0.3 is 25.6 Å². The van der Waals surface area contributed by atoms with E-state index in [0.717, 1.165) is 19.3 Å². The number of carbonyl (C=O) groups is 2. The number of hydrogen-bond donors (Lipinski definition) is 3. The Hall–Kier alpha value is -1.18. The van der Waals surface area contributed by atoms with Crippen molar-refractivity contribution in [1.82, 2.24) is 5.32 Å². The predicted octanol–water partition coefficient (Wildman–Crippen LogP) is 2.08. The van der Waals surface area contributed by atoms with Crippen LogP contribution in [0.1, 0.15) is 65.2 Å². The van der Waals surface area contributed by atoms with Gasteiger partial charge in [0.15, 0.2) is 5.60 Å². The molecule has 26 heavy (non-hydrogen) atoms. The van der Waals surface area contributed by atoms with Crippen LogP contribution in [0.25, 0.3) is 0 Å². The van der Waals surface area contributed by atoms with E-state index in [4.69, 9.17) is 15.2 Å². The Kier molecular flexibility index (Phi) is 10.1. The Bertz CT molecular complexity index is 446. The highest BCUT2D eigenvalue weighted by molar-refractivity contribution is 5.83. The summed E-state index contributed by atoms with van der Waals surface area (Å²) in [4.78, 5) is 24.1. The Morgan fingerprint density at radius 1 is 1.23 bits per heavy atom. The highest BCUT2D eigenvalue weighted by Gasteiger charge is 2.55. The standard InChI is InChI=1S/C19H36N2O5/c1-4-5-6-7-8-9-10-11-19(18(23)24)17(21-15(22)12-20)16(25-3)14(2)13-26-19/h14,16-17H,4-13,20H2,1-3H3,(H,21,22)(H,23,24)/t14-,16-,17-,19-/m0/s1. The maximum Gasteiger partial charge on any atom is 0.338 e. The van der Waals surface area contributed by atoms with Gasteiger partial charge in [-0.2, -0.15) is 0 Å². The van der Waals surface area contributed by atoms with E-state index in [2.05, 4.69) is 12.2 Å². The number of methoxy groups -OCH3 is 1. The molecular weight excluding hydrogens is 336 g/mol. The second-order valence-electron chi connectivity index (χ2n) is 7.30. The first-order valence-corrected chi connectivity index (χ1v) is 9.82.